The lowest BCUT2D eigenvalue weighted by Crippen LogP contribution is -2.38. The summed E-state index contributed by atoms with van der Waals surface area (Å²) in [6.07, 6.45) is 5.75. The van der Waals surface area contributed by atoms with Crippen molar-refractivity contribution in [3.05, 3.63) is 0 Å². The maximum absolute atomic E-state index is 11.0. The molecule has 0 aromatic heterocycles. The van der Waals surface area contributed by atoms with Crippen molar-refractivity contribution < 1.29 is 9.90 Å². The fourth-order valence-electron chi connectivity index (χ4n) is 2.86. The van der Waals surface area contributed by atoms with Crippen LogP contribution in [0.4, 0.5) is 0 Å². The molecule has 0 atom stereocenters. The van der Waals surface area contributed by atoms with E-state index in [-0.39, 0.29) is 0 Å². The third-order valence-electron chi connectivity index (χ3n) is 4.71. The normalized spacial score (nSPS) is 25.3. The first-order chi connectivity index (χ1) is 8.63. The van der Waals surface area contributed by atoms with Crippen LogP contribution in [-0.4, -0.2) is 23.7 Å². The second-order valence-electron chi connectivity index (χ2n) is 7.81. The van der Waals surface area contributed by atoms with Crippen molar-refractivity contribution in [1.82, 2.24) is 5.32 Å². The summed E-state index contributed by atoms with van der Waals surface area (Å²) in [5.41, 5.74) is -0.189. The topological polar surface area (TPSA) is 49.3 Å². The van der Waals surface area contributed by atoms with Gasteiger partial charge in [-0.2, -0.15) is 0 Å². The van der Waals surface area contributed by atoms with E-state index in [0.717, 1.165) is 12.5 Å². The average Bonchev–Trinajstić information content (AvgIpc) is 2.28. The van der Waals surface area contributed by atoms with Gasteiger partial charge < -0.3 is 10.4 Å². The molecule has 1 aliphatic carbocycles. The minimum atomic E-state index is -0.703. The molecule has 0 aromatic rings. The van der Waals surface area contributed by atoms with E-state index >= 15 is 0 Å². The van der Waals surface area contributed by atoms with Gasteiger partial charge in [-0.1, -0.05) is 20.8 Å². The number of aliphatic carboxylic acids is 1. The van der Waals surface area contributed by atoms with Gasteiger partial charge in [0.1, 0.15) is 0 Å². The molecule has 19 heavy (non-hydrogen) atoms. The van der Waals surface area contributed by atoms with E-state index in [2.05, 4.69) is 26.1 Å². The van der Waals surface area contributed by atoms with Gasteiger partial charge in [0.25, 0.3) is 0 Å². The SMILES string of the molecule is CC(C)(CCNC1CCC(C(C)(C)C)CC1)C(=O)O. The van der Waals surface area contributed by atoms with Gasteiger partial charge in [0.15, 0.2) is 0 Å². The second kappa shape index (κ2) is 6.25. The summed E-state index contributed by atoms with van der Waals surface area (Å²) >= 11 is 0. The number of carbonyl (C=O) groups is 1. The number of rotatable bonds is 5. The molecule has 3 heteroatoms. The first-order valence-corrected chi connectivity index (χ1v) is 7.60. The predicted octanol–water partition coefficient (Wildman–Crippen LogP) is 3.68. The summed E-state index contributed by atoms with van der Waals surface area (Å²) in [6, 6.07) is 0.586. The van der Waals surface area contributed by atoms with Crippen molar-refractivity contribution in [3.8, 4) is 0 Å². The Morgan fingerprint density at radius 2 is 1.63 bits per heavy atom. The average molecular weight is 269 g/mol. The van der Waals surface area contributed by atoms with E-state index < -0.39 is 11.4 Å². The van der Waals surface area contributed by atoms with Gasteiger partial charge >= 0.3 is 5.97 Å². The van der Waals surface area contributed by atoms with Crippen molar-refractivity contribution in [2.75, 3.05) is 6.54 Å². The summed E-state index contributed by atoms with van der Waals surface area (Å²) in [6.45, 7) is 11.4. The van der Waals surface area contributed by atoms with Crippen molar-refractivity contribution >= 4 is 5.97 Å². The molecule has 1 fully saturated rings. The molecule has 0 radical (unpaired) electrons. The van der Waals surface area contributed by atoms with Crippen LogP contribution >= 0.6 is 0 Å². The third kappa shape index (κ3) is 5.13. The minimum absolute atomic E-state index is 0.427. The highest BCUT2D eigenvalue weighted by molar-refractivity contribution is 5.73. The molecule has 3 nitrogen and oxygen atoms in total. The van der Waals surface area contributed by atoms with Crippen LogP contribution in [0.25, 0.3) is 0 Å². The van der Waals surface area contributed by atoms with Crippen LogP contribution < -0.4 is 5.32 Å². The maximum atomic E-state index is 11.0. The molecule has 0 heterocycles. The lowest BCUT2D eigenvalue weighted by Gasteiger charge is -2.37. The summed E-state index contributed by atoms with van der Waals surface area (Å²) in [4.78, 5) is 11.0. The molecule has 0 spiro atoms. The van der Waals surface area contributed by atoms with Crippen molar-refractivity contribution in [2.24, 2.45) is 16.7 Å². The Labute approximate surface area is 118 Å². The van der Waals surface area contributed by atoms with Crippen molar-refractivity contribution in [2.45, 2.75) is 72.8 Å². The van der Waals surface area contributed by atoms with Crippen LogP contribution in [0.2, 0.25) is 0 Å². The molecular weight excluding hydrogens is 238 g/mol. The highest BCUT2D eigenvalue weighted by Crippen LogP contribution is 2.37. The van der Waals surface area contributed by atoms with Crippen LogP contribution in [0.3, 0.4) is 0 Å². The molecule has 1 saturated carbocycles. The number of nitrogens with one attached hydrogen (secondary N) is 1. The Kier molecular flexibility index (Phi) is 5.43. The summed E-state index contributed by atoms with van der Waals surface area (Å²) in [5, 5.41) is 12.6. The molecular formula is C16H31NO2. The van der Waals surface area contributed by atoms with E-state index in [4.69, 9.17) is 5.11 Å². The Balaban J connectivity index is 2.26. The van der Waals surface area contributed by atoms with E-state index in [9.17, 15) is 4.79 Å². The Hall–Kier alpha value is -0.570. The zero-order valence-electron chi connectivity index (χ0n) is 13.3. The molecule has 2 N–H and O–H groups in total. The van der Waals surface area contributed by atoms with E-state index in [0.29, 0.717) is 17.9 Å². The van der Waals surface area contributed by atoms with Gasteiger partial charge in [0.05, 0.1) is 5.41 Å². The maximum Gasteiger partial charge on any atom is 0.309 e. The molecule has 1 rings (SSSR count). The monoisotopic (exact) mass is 269 g/mol. The molecule has 1 aliphatic rings. The van der Waals surface area contributed by atoms with Crippen LogP contribution in [0.1, 0.15) is 66.7 Å². The van der Waals surface area contributed by atoms with E-state index in [1.54, 1.807) is 13.8 Å². The molecule has 0 aliphatic heterocycles. The molecule has 0 saturated heterocycles. The molecule has 0 bridgehead atoms. The van der Waals surface area contributed by atoms with Crippen LogP contribution in [0, 0.1) is 16.7 Å². The number of carboxylic acid groups (broad SMARTS) is 1. The zero-order chi connectivity index (χ0) is 14.7. The van der Waals surface area contributed by atoms with E-state index in [1.807, 2.05) is 0 Å². The van der Waals surface area contributed by atoms with Gasteiger partial charge in [-0.05, 0) is 63.8 Å². The van der Waals surface area contributed by atoms with Crippen LogP contribution in [-0.2, 0) is 4.79 Å². The first kappa shape index (κ1) is 16.5. The van der Waals surface area contributed by atoms with Crippen LogP contribution in [0.15, 0.2) is 0 Å². The standard InChI is InChI=1S/C16H31NO2/c1-15(2,3)12-6-8-13(9-7-12)17-11-10-16(4,5)14(18)19/h12-13,17H,6-11H2,1-5H3,(H,18,19). The molecule has 0 aromatic carbocycles. The van der Waals surface area contributed by atoms with E-state index in [1.165, 1.54) is 25.7 Å². The lowest BCUT2D eigenvalue weighted by molar-refractivity contribution is -0.147. The van der Waals surface area contributed by atoms with Crippen molar-refractivity contribution in [3.63, 3.8) is 0 Å². The summed E-state index contributed by atoms with van der Waals surface area (Å²) < 4.78 is 0. The van der Waals surface area contributed by atoms with Crippen molar-refractivity contribution in [1.29, 1.82) is 0 Å². The Morgan fingerprint density at radius 1 is 1.11 bits per heavy atom. The fourth-order valence-corrected chi connectivity index (χ4v) is 2.86. The van der Waals surface area contributed by atoms with Gasteiger partial charge in [-0.15, -0.1) is 0 Å². The smallest absolute Gasteiger partial charge is 0.309 e. The molecule has 112 valence electrons. The van der Waals surface area contributed by atoms with Gasteiger partial charge in [-0.3, -0.25) is 4.79 Å². The third-order valence-corrected chi connectivity index (χ3v) is 4.71. The quantitative estimate of drug-likeness (QED) is 0.800. The van der Waals surface area contributed by atoms with Crippen LogP contribution in [0.5, 0.6) is 0 Å². The highest BCUT2D eigenvalue weighted by atomic mass is 16.4. The number of carboxylic acids is 1. The zero-order valence-corrected chi connectivity index (χ0v) is 13.3. The highest BCUT2D eigenvalue weighted by Gasteiger charge is 2.30. The largest absolute Gasteiger partial charge is 0.481 e. The first-order valence-electron chi connectivity index (χ1n) is 7.60. The summed E-state index contributed by atoms with van der Waals surface area (Å²) in [7, 11) is 0. The van der Waals surface area contributed by atoms with Gasteiger partial charge in [-0.25, -0.2) is 0 Å². The number of hydrogen-bond acceptors (Lipinski definition) is 2. The molecule has 0 amide bonds. The minimum Gasteiger partial charge on any atom is -0.481 e. The predicted molar refractivity (Wildman–Crippen MR) is 79.2 cm³/mol. The van der Waals surface area contributed by atoms with Gasteiger partial charge in [0.2, 0.25) is 0 Å². The fraction of sp³-hybridized carbons (Fsp3) is 0.938. The lowest BCUT2D eigenvalue weighted by atomic mass is 9.71. The Bertz CT molecular complexity index is 296. The Morgan fingerprint density at radius 3 is 2.05 bits per heavy atom. The number of hydrogen-bond donors (Lipinski definition) is 2. The molecule has 0 unspecified atom stereocenters. The summed E-state index contributed by atoms with van der Waals surface area (Å²) in [5.74, 6) is 0.131. The second-order valence-corrected chi connectivity index (χ2v) is 7.81. The van der Waals surface area contributed by atoms with Gasteiger partial charge in [0, 0.05) is 6.04 Å².